The van der Waals surface area contributed by atoms with Crippen molar-refractivity contribution in [3.05, 3.63) is 28.3 Å². The normalized spacial score (nSPS) is 16.5. The molecule has 5 nitrogen and oxygen atoms in total. The van der Waals surface area contributed by atoms with Crippen LogP contribution in [-0.2, 0) is 0 Å². The Balaban J connectivity index is 2.03. The Kier molecular flexibility index (Phi) is 3.15. The second-order valence-corrected chi connectivity index (χ2v) is 5.55. The predicted molar refractivity (Wildman–Crippen MR) is 71.5 cm³/mol. The molecule has 0 aliphatic heterocycles. The van der Waals surface area contributed by atoms with Crippen molar-refractivity contribution < 1.29 is 4.92 Å². The maximum absolute atomic E-state index is 10.6. The molecule has 1 fully saturated rings. The molecule has 1 saturated carbocycles. The third-order valence-corrected chi connectivity index (χ3v) is 4.50. The molecule has 0 bridgehead atoms. The Hall–Kier alpha value is -1.43. The molecule has 6 heteroatoms. The van der Waals surface area contributed by atoms with E-state index in [4.69, 9.17) is 5.73 Å². The minimum absolute atomic E-state index is 0.0402. The topological polar surface area (TPSA) is 81.2 Å². The van der Waals surface area contributed by atoms with Crippen molar-refractivity contribution in [2.45, 2.75) is 17.6 Å². The van der Waals surface area contributed by atoms with Crippen LogP contribution in [0.2, 0.25) is 0 Å². The zero-order valence-corrected chi connectivity index (χ0v) is 10.4. The first-order valence-corrected chi connectivity index (χ1v) is 6.62. The van der Waals surface area contributed by atoms with Crippen LogP contribution in [0, 0.1) is 10.1 Å². The highest BCUT2D eigenvalue weighted by molar-refractivity contribution is 8.00. The lowest BCUT2D eigenvalue weighted by Crippen LogP contribution is -2.17. The molecule has 0 radical (unpaired) electrons. The Morgan fingerprint density at radius 3 is 2.76 bits per heavy atom. The lowest BCUT2D eigenvalue weighted by molar-refractivity contribution is -0.383. The summed E-state index contributed by atoms with van der Waals surface area (Å²) in [5.74, 6) is 0. The summed E-state index contributed by atoms with van der Waals surface area (Å²) in [5.41, 5.74) is 6.63. The van der Waals surface area contributed by atoms with Gasteiger partial charge in [0, 0.05) is 23.0 Å². The minimum atomic E-state index is -0.469. The van der Waals surface area contributed by atoms with Crippen LogP contribution >= 0.6 is 11.8 Å². The average molecular weight is 253 g/mol. The zero-order chi connectivity index (χ0) is 12.5. The number of nitrogens with zero attached hydrogens (tertiary/aromatic N) is 1. The third kappa shape index (κ3) is 2.63. The molecule has 1 aliphatic rings. The number of nitrogens with two attached hydrogens (primary N) is 1. The third-order valence-electron chi connectivity index (χ3n) is 3.08. The van der Waals surface area contributed by atoms with E-state index >= 15 is 0 Å². The SMILES string of the molecule is CSC1(CNc2ccc([N+](=O)[O-])c(N)c2)CC1. The van der Waals surface area contributed by atoms with Gasteiger partial charge in [0.1, 0.15) is 5.69 Å². The van der Waals surface area contributed by atoms with E-state index < -0.39 is 4.92 Å². The monoisotopic (exact) mass is 253 g/mol. The molecule has 0 saturated heterocycles. The Morgan fingerprint density at radius 1 is 1.59 bits per heavy atom. The first-order chi connectivity index (χ1) is 8.06. The van der Waals surface area contributed by atoms with E-state index in [1.54, 1.807) is 12.1 Å². The minimum Gasteiger partial charge on any atom is -0.393 e. The number of nitro benzene ring substituents is 1. The molecule has 92 valence electrons. The summed E-state index contributed by atoms with van der Waals surface area (Å²) in [5, 5.41) is 13.9. The van der Waals surface area contributed by atoms with Gasteiger partial charge in [-0.15, -0.1) is 0 Å². The molecule has 1 aliphatic carbocycles. The summed E-state index contributed by atoms with van der Waals surface area (Å²) in [6.45, 7) is 0.880. The van der Waals surface area contributed by atoms with Gasteiger partial charge in [0.2, 0.25) is 0 Å². The van der Waals surface area contributed by atoms with Crippen molar-refractivity contribution in [1.29, 1.82) is 0 Å². The van der Waals surface area contributed by atoms with E-state index in [0.29, 0.717) is 4.75 Å². The van der Waals surface area contributed by atoms with E-state index in [1.165, 1.54) is 18.9 Å². The second kappa shape index (κ2) is 4.44. The predicted octanol–water partition coefficient (Wildman–Crippen LogP) is 2.48. The number of hydrogen-bond donors (Lipinski definition) is 2. The molecule has 0 atom stereocenters. The number of rotatable bonds is 5. The van der Waals surface area contributed by atoms with Gasteiger partial charge in [-0.1, -0.05) is 0 Å². The highest BCUT2D eigenvalue weighted by atomic mass is 32.2. The van der Waals surface area contributed by atoms with Gasteiger partial charge < -0.3 is 11.1 Å². The number of anilines is 2. The lowest BCUT2D eigenvalue weighted by Gasteiger charge is -2.14. The van der Waals surface area contributed by atoms with E-state index in [2.05, 4.69) is 11.6 Å². The van der Waals surface area contributed by atoms with Crippen molar-refractivity contribution in [3.63, 3.8) is 0 Å². The summed E-state index contributed by atoms with van der Waals surface area (Å²) >= 11 is 1.87. The summed E-state index contributed by atoms with van der Waals surface area (Å²) < 4.78 is 0.358. The molecule has 17 heavy (non-hydrogen) atoms. The molecule has 1 aromatic rings. The van der Waals surface area contributed by atoms with E-state index in [-0.39, 0.29) is 11.4 Å². The fourth-order valence-corrected chi connectivity index (χ4v) is 2.41. The van der Waals surface area contributed by atoms with Gasteiger partial charge in [0.25, 0.3) is 5.69 Å². The molecule has 0 aromatic heterocycles. The maximum atomic E-state index is 10.6. The van der Waals surface area contributed by atoms with Gasteiger partial charge in [-0.25, -0.2) is 0 Å². The summed E-state index contributed by atoms with van der Waals surface area (Å²) in [7, 11) is 0. The molecule has 2 rings (SSSR count). The fourth-order valence-electron chi connectivity index (χ4n) is 1.69. The Morgan fingerprint density at radius 2 is 2.29 bits per heavy atom. The first kappa shape index (κ1) is 12.0. The lowest BCUT2D eigenvalue weighted by atomic mass is 10.2. The number of hydrogen-bond acceptors (Lipinski definition) is 5. The van der Waals surface area contributed by atoms with Gasteiger partial charge in [-0.3, -0.25) is 10.1 Å². The molecule has 0 heterocycles. The van der Waals surface area contributed by atoms with Crippen LogP contribution in [0.15, 0.2) is 18.2 Å². The standard InChI is InChI=1S/C11H15N3O2S/c1-17-11(4-5-11)7-13-8-2-3-10(14(15)16)9(12)6-8/h2-3,6,13H,4-5,7,12H2,1H3. The number of benzene rings is 1. The van der Waals surface area contributed by atoms with Gasteiger partial charge in [-0.2, -0.15) is 11.8 Å². The van der Waals surface area contributed by atoms with Crippen LogP contribution in [0.4, 0.5) is 17.1 Å². The smallest absolute Gasteiger partial charge is 0.292 e. The largest absolute Gasteiger partial charge is 0.393 e. The molecular formula is C11H15N3O2S. The van der Waals surface area contributed by atoms with Gasteiger partial charge >= 0.3 is 0 Å². The Bertz CT molecular complexity index is 446. The van der Waals surface area contributed by atoms with Crippen molar-refractivity contribution >= 4 is 28.8 Å². The molecule has 3 N–H and O–H groups in total. The molecule has 0 amide bonds. The molecular weight excluding hydrogens is 238 g/mol. The molecule has 0 unspecified atom stereocenters. The molecule has 0 spiro atoms. The van der Waals surface area contributed by atoms with Crippen molar-refractivity contribution in [1.82, 2.24) is 0 Å². The quantitative estimate of drug-likeness (QED) is 0.478. The fraction of sp³-hybridized carbons (Fsp3) is 0.455. The summed E-state index contributed by atoms with van der Waals surface area (Å²) in [6, 6.07) is 4.76. The maximum Gasteiger partial charge on any atom is 0.292 e. The van der Waals surface area contributed by atoms with Crippen LogP contribution in [0.25, 0.3) is 0 Å². The van der Waals surface area contributed by atoms with Crippen LogP contribution in [0.1, 0.15) is 12.8 Å². The number of nitrogens with one attached hydrogen (secondary N) is 1. The first-order valence-electron chi connectivity index (χ1n) is 5.39. The van der Waals surface area contributed by atoms with E-state index in [9.17, 15) is 10.1 Å². The van der Waals surface area contributed by atoms with Crippen LogP contribution < -0.4 is 11.1 Å². The van der Waals surface area contributed by atoms with Crippen molar-refractivity contribution in [2.75, 3.05) is 23.9 Å². The van der Waals surface area contributed by atoms with Gasteiger partial charge in [0.05, 0.1) is 4.92 Å². The number of nitro groups is 1. The van der Waals surface area contributed by atoms with Gasteiger partial charge in [-0.05, 0) is 31.2 Å². The number of nitrogen functional groups attached to an aromatic ring is 1. The highest BCUT2D eigenvalue weighted by Gasteiger charge is 2.41. The van der Waals surface area contributed by atoms with Crippen molar-refractivity contribution in [2.24, 2.45) is 0 Å². The zero-order valence-electron chi connectivity index (χ0n) is 9.60. The average Bonchev–Trinajstić information content (AvgIpc) is 3.07. The second-order valence-electron chi connectivity index (χ2n) is 4.27. The van der Waals surface area contributed by atoms with Crippen molar-refractivity contribution in [3.8, 4) is 0 Å². The van der Waals surface area contributed by atoms with Crippen LogP contribution in [-0.4, -0.2) is 22.5 Å². The van der Waals surface area contributed by atoms with E-state index in [1.807, 2.05) is 11.8 Å². The summed E-state index contributed by atoms with van der Waals surface area (Å²) in [4.78, 5) is 10.1. The van der Waals surface area contributed by atoms with Gasteiger partial charge in [0.15, 0.2) is 0 Å². The van der Waals surface area contributed by atoms with Crippen LogP contribution in [0.5, 0.6) is 0 Å². The highest BCUT2D eigenvalue weighted by Crippen LogP contribution is 2.47. The Labute approximate surface area is 104 Å². The van der Waals surface area contributed by atoms with Crippen LogP contribution in [0.3, 0.4) is 0 Å². The molecule has 1 aromatic carbocycles. The summed E-state index contributed by atoms with van der Waals surface area (Å²) in [6.07, 6.45) is 4.56. The number of thioether (sulfide) groups is 1. The van der Waals surface area contributed by atoms with E-state index in [0.717, 1.165) is 12.2 Å².